The number of hydrogen-bond donors (Lipinski definition) is 1. The monoisotopic (exact) mass is 811 g/mol. The lowest BCUT2D eigenvalue weighted by molar-refractivity contribution is -0.134. The van der Waals surface area contributed by atoms with Crippen molar-refractivity contribution in [3.63, 3.8) is 0 Å². The summed E-state index contributed by atoms with van der Waals surface area (Å²) in [6.07, 6.45) is 0.156. The molecule has 0 spiro atoms. The van der Waals surface area contributed by atoms with E-state index in [1.54, 1.807) is 16.4 Å². The number of fused-ring (bicyclic) bond motifs is 1. The van der Waals surface area contributed by atoms with Gasteiger partial charge < -0.3 is 29.2 Å². The SMILES string of the molecule is CCc1c(N2CCN(C(=O)c3ncnc(C)c3OCc3ccccc3)CC2)c(=O)n2nc(C3=CCOCCC3)nc2n1CC(=O)Nc1cc(C(F)(F)F)sc1Cl. The minimum atomic E-state index is -4.64. The van der Waals surface area contributed by atoms with Crippen LogP contribution in [0.2, 0.25) is 4.34 Å². The molecular weight excluding hydrogens is 775 g/mol. The summed E-state index contributed by atoms with van der Waals surface area (Å²) >= 11 is 6.41. The third kappa shape index (κ3) is 8.13. The molecule has 0 atom stereocenters. The molecule has 2 aliphatic heterocycles. The molecule has 5 aromatic rings. The third-order valence-corrected chi connectivity index (χ3v) is 10.9. The van der Waals surface area contributed by atoms with Gasteiger partial charge >= 0.3 is 6.18 Å². The van der Waals surface area contributed by atoms with Crippen LogP contribution in [0.1, 0.15) is 57.9 Å². The van der Waals surface area contributed by atoms with Gasteiger partial charge in [0, 0.05) is 32.8 Å². The summed E-state index contributed by atoms with van der Waals surface area (Å²) in [6, 6.07) is 10.3. The zero-order chi connectivity index (χ0) is 39.6. The number of nitrogens with one attached hydrogen (secondary N) is 1. The maximum atomic E-state index is 14.4. The zero-order valence-corrected chi connectivity index (χ0v) is 32.0. The highest BCUT2D eigenvalue weighted by atomic mass is 35.5. The molecule has 1 fully saturated rings. The molecule has 2 amide bonds. The lowest BCUT2D eigenvalue weighted by atomic mass is 10.1. The molecule has 2 aliphatic rings. The van der Waals surface area contributed by atoms with E-state index in [2.05, 4.69) is 20.4 Å². The van der Waals surface area contributed by atoms with E-state index in [4.69, 9.17) is 26.1 Å². The second kappa shape index (κ2) is 16.4. The molecule has 4 aromatic heterocycles. The summed E-state index contributed by atoms with van der Waals surface area (Å²) < 4.78 is 54.3. The number of carbonyl (C=O) groups is 2. The number of allylic oxidation sites excluding steroid dienone is 1. The summed E-state index contributed by atoms with van der Waals surface area (Å²) in [5.41, 5.74) is 2.44. The first-order chi connectivity index (χ1) is 26.9. The first-order valence-corrected chi connectivity index (χ1v) is 19.1. The number of alkyl halides is 3. The molecule has 7 rings (SSSR count). The minimum absolute atomic E-state index is 0.0928. The van der Waals surface area contributed by atoms with E-state index in [-0.39, 0.29) is 72.3 Å². The highest BCUT2D eigenvalue weighted by molar-refractivity contribution is 7.17. The van der Waals surface area contributed by atoms with Crippen molar-refractivity contribution >= 4 is 57.5 Å². The van der Waals surface area contributed by atoms with Crippen LogP contribution in [0.25, 0.3) is 11.4 Å². The predicted molar refractivity (Wildman–Crippen MR) is 203 cm³/mol. The van der Waals surface area contributed by atoms with Crippen LogP contribution < -0.4 is 20.5 Å². The standard InChI is InChI=1S/C37H37ClF3N9O5S/c1-3-26-30(47-12-14-48(15-13-47)34(52)29-31(22(2)42-21-43-29)55-20-23-8-5-4-6-9-23)35(53)50-36(45-33(46-50)24-10-7-16-54-17-11-24)49(26)19-28(51)44-25-18-27(37(39,40)41)56-32(25)38/h4-6,8-9,11,18,21H,3,7,10,12-17,19-20H2,1-2H3,(H,44,51). The fourth-order valence-corrected chi connectivity index (χ4v) is 7.76. The van der Waals surface area contributed by atoms with Gasteiger partial charge in [0.2, 0.25) is 11.7 Å². The number of nitrogens with zero attached hydrogens (tertiary/aromatic N) is 8. The number of amides is 2. The third-order valence-electron chi connectivity index (χ3n) is 9.47. The summed E-state index contributed by atoms with van der Waals surface area (Å²) in [5.74, 6) is -0.343. The molecule has 1 N–H and O–H groups in total. The Kier molecular flexibility index (Phi) is 11.4. The molecule has 14 nitrogen and oxygen atoms in total. The van der Waals surface area contributed by atoms with Gasteiger partial charge in [-0.05, 0) is 43.4 Å². The van der Waals surface area contributed by atoms with Crippen LogP contribution in [0.4, 0.5) is 24.5 Å². The first-order valence-electron chi connectivity index (χ1n) is 17.9. The Morgan fingerprint density at radius 2 is 1.88 bits per heavy atom. The number of anilines is 2. The highest BCUT2D eigenvalue weighted by Gasteiger charge is 2.35. The first kappa shape index (κ1) is 38.9. The molecule has 0 unspecified atom stereocenters. The van der Waals surface area contributed by atoms with Crippen molar-refractivity contribution in [3.05, 3.63) is 96.8 Å². The van der Waals surface area contributed by atoms with Crippen molar-refractivity contribution in [3.8, 4) is 5.75 Å². The van der Waals surface area contributed by atoms with Crippen LogP contribution in [-0.2, 0) is 35.3 Å². The van der Waals surface area contributed by atoms with Gasteiger partial charge in [-0.3, -0.25) is 14.4 Å². The number of rotatable bonds is 10. The van der Waals surface area contributed by atoms with Crippen LogP contribution in [0.3, 0.4) is 0 Å². The molecular formula is C37H37ClF3N9O5S. The van der Waals surface area contributed by atoms with Crippen molar-refractivity contribution in [2.24, 2.45) is 0 Å². The summed E-state index contributed by atoms with van der Waals surface area (Å²) in [6.45, 7) is 5.26. The zero-order valence-electron chi connectivity index (χ0n) is 30.4. The maximum absolute atomic E-state index is 14.4. The van der Waals surface area contributed by atoms with Crippen molar-refractivity contribution in [1.29, 1.82) is 0 Å². The van der Waals surface area contributed by atoms with Crippen molar-refractivity contribution < 1.29 is 32.2 Å². The Hall–Kier alpha value is -5.33. The van der Waals surface area contributed by atoms with E-state index in [9.17, 15) is 27.6 Å². The van der Waals surface area contributed by atoms with Crippen molar-refractivity contribution in [2.75, 3.05) is 49.6 Å². The molecule has 19 heteroatoms. The Morgan fingerprint density at radius 3 is 2.59 bits per heavy atom. The van der Waals surface area contributed by atoms with Crippen LogP contribution in [0, 0.1) is 6.92 Å². The molecule has 0 aliphatic carbocycles. The lowest BCUT2D eigenvalue weighted by Gasteiger charge is -2.36. The number of thiophene rings is 1. The second-order valence-electron chi connectivity index (χ2n) is 13.1. The number of aromatic nitrogens is 6. The largest absolute Gasteiger partial charge is 0.485 e. The summed E-state index contributed by atoms with van der Waals surface area (Å²) in [4.78, 5) is 57.6. The average molecular weight is 812 g/mol. The van der Waals surface area contributed by atoms with Crippen molar-refractivity contribution in [1.82, 2.24) is 34.0 Å². The minimum Gasteiger partial charge on any atom is -0.485 e. The van der Waals surface area contributed by atoms with E-state index in [0.29, 0.717) is 53.9 Å². The van der Waals surface area contributed by atoms with E-state index in [0.717, 1.165) is 28.1 Å². The Labute approximate surface area is 327 Å². The van der Waals surface area contributed by atoms with Gasteiger partial charge in [-0.2, -0.15) is 22.7 Å². The lowest BCUT2D eigenvalue weighted by Crippen LogP contribution is -2.51. The van der Waals surface area contributed by atoms with E-state index < -0.39 is 29.1 Å². The number of aryl methyl sites for hydroxylation is 1. The maximum Gasteiger partial charge on any atom is 0.425 e. The van der Waals surface area contributed by atoms with Gasteiger partial charge in [0.1, 0.15) is 34.4 Å². The van der Waals surface area contributed by atoms with Gasteiger partial charge in [-0.15, -0.1) is 16.4 Å². The fourth-order valence-electron chi connectivity index (χ4n) is 6.70. The Balaban J connectivity index is 1.18. The van der Waals surface area contributed by atoms with Crippen LogP contribution in [0.5, 0.6) is 5.75 Å². The molecule has 0 radical (unpaired) electrons. The molecule has 1 aromatic carbocycles. The topological polar surface area (TPSA) is 149 Å². The molecule has 0 saturated carbocycles. The van der Waals surface area contributed by atoms with Crippen LogP contribution in [-0.4, -0.2) is 85.2 Å². The highest BCUT2D eigenvalue weighted by Crippen LogP contribution is 2.41. The number of carbonyl (C=O) groups excluding carboxylic acids is 2. The van der Waals surface area contributed by atoms with E-state index >= 15 is 0 Å². The van der Waals surface area contributed by atoms with Crippen LogP contribution in [0.15, 0.2) is 53.6 Å². The average Bonchev–Trinajstić information content (AvgIpc) is 3.69. The Bertz CT molecular complexity index is 2360. The smallest absolute Gasteiger partial charge is 0.425 e. The normalized spacial score (nSPS) is 15.1. The predicted octanol–water partition coefficient (Wildman–Crippen LogP) is 5.66. The number of piperazine rings is 1. The van der Waals surface area contributed by atoms with Gasteiger partial charge in [0.05, 0.1) is 23.7 Å². The Morgan fingerprint density at radius 1 is 1.11 bits per heavy atom. The number of halogens is 4. The second-order valence-corrected chi connectivity index (χ2v) is 14.8. The van der Waals surface area contributed by atoms with E-state index in [1.165, 1.54) is 6.33 Å². The van der Waals surface area contributed by atoms with E-state index in [1.807, 2.05) is 48.2 Å². The van der Waals surface area contributed by atoms with Gasteiger partial charge in [-0.1, -0.05) is 54.9 Å². The van der Waals surface area contributed by atoms with Crippen LogP contribution >= 0.6 is 22.9 Å². The molecule has 294 valence electrons. The number of benzene rings is 1. The summed E-state index contributed by atoms with van der Waals surface area (Å²) in [7, 11) is 0. The van der Waals surface area contributed by atoms with Gasteiger partial charge in [0.25, 0.3) is 11.5 Å². The van der Waals surface area contributed by atoms with Gasteiger partial charge in [0.15, 0.2) is 17.3 Å². The van der Waals surface area contributed by atoms with Crippen molar-refractivity contribution in [2.45, 2.75) is 52.4 Å². The molecule has 56 heavy (non-hydrogen) atoms. The number of hydrogen-bond acceptors (Lipinski definition) is 11. The molecule has 0 bridgehead atoms. The number of ether oxygens (including phenoxy) is 2. The molecule has 1 saturated heterocycles. The molecule has 6 heterocycles. The summed E-state index contributed by atoms with van der Waals surface area (Å²) in [5, 5.41) is 7.09. The quantitative estimate of drug-likeness (QED) is 0.187. The fraction of sp³-hybridized carbons (Fsp3) is 0.378. The van der Waals surface area contributed by atoms with Gasteiger partial charge in [-0.25, -0.2) is 9.97 Å².